The fourth-order valence-electron chi connectivity index (χ4n) is 1.73. The number of carboxylic acids is 1. The molecule has 0 atom stereocenters. The molecule has 1 rings (SSSR count). The van der Waals surface area contributed by atoms with Crippen molar-refractivity contribution < 1.29 is 23.4 Å². The van der Waals surface area contributed by atoms with Gasteiger partial charge < -0.3 is 10.2 Å². The van der Waals surface area contributed by atoms with Crippen molar-refractivity contribution in [1.82, 2.24) is 4.31 Å². The Morgan fingerprint density at radius 1 is 1.29 bits per heavy atom. The minimum absolute atomic E-state index is 0.0317. The molecule has 0 aliphatic carbocycles. The summed E-state index contributed by atoms with van der Waals surface area (Å²) in [5.74, 6) is -1.07. The molecule has 6 nitrogen and oxygen atoms in total. The van der Waals surface area contributed by atoms with Crippen molar-refractivity contribution >= 4 is 22.1 Å². The van der Waals surface area contributed by atoms with Gasteiger partial charge in [-0.15, -0.1) is 0 Å². The van der Waals surface area contributed by atoms with Crippen LogP contribution < -0.4 is 0 Å². The van der Waals surface area contributed by atoms with Gasteiger partial charge in [-0.2, -0.15) is 4.31 Å². The molecule has 0 unspecified atom stereocenters. The van der Waals surface area contributed by atoms with E-state index in [1.165, 1.54) is 51.2 Å². The monoisotopic (exact) mass is 313 g/mol. The van der Waals surface area contributed by atoms with Crippen LogP contribution in [0.1, 0.15) is 19.4 Å². The molecule has 1 aromatic carbocycles. The molecule has 0 saturated heterocycles. The highest BCUT2D eigenvalue weighted by Crippen LogP contribution is 2.18. The first-order chi connectivity index (χ1) is 9.52. The molecule has 0 amide bonds. The molecular weight excluding hydrogens is 294 g/mol. The van der Waals surface area contributed by atoms with Gasteiger partial charge >= 0.3 is 5.97 Å². The molecular formula is C14H19NO5S. The van der Waals surface area contributed by atoms with Crippen LogP contribution in [-0.4, -0.2) is 48.1 Å². The minimum atomic E-state index is -3.69. The van der Waals surface area contributed by atoms with Crippen LogP contribution in [-0.2, 0) is 14.8 Å². The van der Waals surface area contributed by atoms with Crippen molar-refractivity contribution in [3.63, 3.8) is 0 Å². The minimum Gasteiger partial charge on any atom is -0.478 e. The Morgan fingerprint density at radius 3 is 2.24 bits per heavy atom. The van der Waals surface area contributed by atoms with Crippen molar-refractivity contribution in [3.8, 4) is 0 Å². The second-order valence-electron chi connectivity index (χ2n) is 5.31. The van der Waals surface area contributed by atoms with Gasteiger partial charge in [0.2, 0.25) is 10.0 Å². The second-order valence-corrected chi connectivity index (χ2v) is 7.36. The first-order valence-electron chi connectivity index (χ1n) is 6.22. The predicted octanol–water partition coefficient (Wildman–Crippen LogP) is 1.18. The molecule has 21 heavy (non-hydrogen) atoms. The fourth-order valence-corrected chi connectivity index (χ4v) is 3.05. The fraction of sp³-hybridized carbons (Fsp3) is 0.357. The normalized spacial score (nSPS) is 13.0. The Morgan fingerprint density at radius 2 is 1.81 bits per heavy atom. The number of likely N-dealkylation sites (N-methyl/N-ethyl adjacent to an activating group) is 1. The maximum Gasteiger partial charge on any atom is 0.328 e. The van der Waals surface area contributed by atoms with Crippen LogP contribution in [0.15, 0.2) is 35.2 Å². The van der Waals surface area contributed by atoms with Crippen molar-refractivity contribution in [2.24, 2.45) is 0 Å². The first kappa shape index (κ1) is 17.4. The van der Waals surface area contributed by atoms with Crippen LogP contribution >= 0.6 is 0 Å². The quantitative estimate of drug-likeness (QED) is 0.769. The van der Waals surface area contributed by atoms with Gasteiger partial charge in [0.25, 0.3) is 0 Å². The van der Waals surface area contributed by atoms with Crippen LogP contribution in [0.5, 0.6) is 0 Å². The van der Waals surface area contributed by atoms with Gasteiger partial charge in [-0.3, -0.25) is 0 Å². The number of hydrogen-bond acceptors (Lipinski definition) is 4. The van der Waals surface area contributed by atoms with Gasteiger partial charge in [-0.1, -0.05) is 12.1 Å². The smallest absolute Gasteiger partial charge is 0.328 e. The van der Waals surface area contributed by atoms with E-state index in [2.05, 4.69) is 0 Å². The molecule has 0 bridgehead atoms. The zero-order valence-electron chi connectivity index (χ0n) is 12.1. The van der Waals surface area contributed by atoms with Gasteiger partial charge in [0.15, 0.2) is 0 Å². The molecule has 0 radical (unpaired) electrons. The van der Waals surface area contributed by atoms with Gasteiger partial charge in [-0.05, 0) is 37.6 Å². The molecule has 0 saturated carbocycles. The van der Waals surface area contributed by atoms with E-state index < -0.39 is 21.6 Å². The molecule has 2 N–H and O–H groups in total. The standard InChI is InChI=1S/C14H19NO5S/c1-14(2,18)10-15(3)21(19,20)12-7-4-11(5-8-12)6-9-13(16)17/h4-9,18H,10H2,1-3H3,(H,16,17). The Hall–Kier alpha value is -1.70. The molecule has 7 heteroatoms. The summed E-state index contributed by atoms with van der Waals surface area (Å²) in [6.07, 6.45) is 2.35. The summed E-state index contributed by atoms with van der Waals surface area (Å²) in [6, 6.07) is 5.84. The lowest BCUT2D eigenvalue weighted by Crippen LogP contribution is -2.39. The lowest BCUT2D eigenvalue weighted by molar-refractivity contribution is -0.131. The van der Waals surface area contributed by atoms with Crippen molar-refractivity contribution in [3.05, 3.63) is 35.9 Å². The third-order valence-electron chi connectivity index (χ3n) is 2.62. The summed E-state index contributed by atoms with van der Waals surface area (Å²) in [7, 11) is -2.29. The number of rotatable bonds is 6. The SMILES string of the molecule is CN(CC(C)(C)O)S(=O)(=O)c1ccc(C=CC(=O)O)cc1. The third-order valence-corrected chi connectivity index (χ3v) is 4.43. The highest BCUT2D eigenvalue weighted by Gasteiger charge is 2.26. The van der Waals surface area contributed by atoms with E-state index in [0.29, 0.717) is 5.56 Å². The van der Waals surface area contributed by atoms with E-state index >= 15 is 0 Å². The molecule has 0 aliphatic heterocycles. The molecule has 0 spiro atoms. The van der Waals surface area contributed by atoms with E-state index in [1.54, 1.807) is 0 Å². The lowest BCUT2D eigenvalue weighted by Gasteiger charge is -2.25. The Bertz CT molecular complexity index is 626. The highest BCUT2D eigenvalue weighted by molar-refractivity contribution is 7.89. The van der Waals surface area contributed by atoms with Gasteiger partial charge in [0.05, 0.1) is 10.5 Å². The van der Waals surface area contributed by atoms with E-state index in [4.69, 9.17) is 5.11 Å². The Balaban J connectivity index is 2.97. The maximum absolute atomic E-state index is 12.3. The number of aliphatic carboxylic acids is 1. The van der Waals surface area contributed by atoms with Gasteiger partial charge in [-0.25, -0.2) is 13.2 Å². The molecule has 0 heterocycles. The lowest BCUT2D eigenvalue weighted by atomic mass is 10.1. The number of benzene rings is 1. The molecule has 0 fully saturated rings. The zero-order chi connectivity index (χ0) is 16.3. The zero-order valence-corrected chi connectivity index (χ0v) is 13.0. The molecule has 1 aromatic rings. The van der Waals surface area contributed by atoms with E-state index in [1.807, 2.05) is 0 Å². The van der Waals surface area contributed by atoms with E-state index in [-0.39, 0.29) is 11.4 Å². The summed E-state index contributed by atoms with van der Waals surface area (Å²) in [5.41, 5.74) is -0.548. The van der Waals surface area contributed by atoms with Crippen molar-refractivity contribution in [1.29, 1.82) is 0 Å². The summed E-state index contributed by atoms with van der Waals surface area (Å²) >= 11 is 0. The van der Waals surface area contributed by atoms with Gasteiger partial charge in [0, 0.05) is 19.7 Å². The number of nitrogens with zero attached hydrogens (tertiary/aromatic N) is 1. The summed E-state index contributed by atoms with van der Waals surface area (Å²) in [6.45, 7) is 3.02. The maximum atomic E-state index is 12.3. The van der Waals surface area contributed by atoms with Gasteiger partial charge in [0.1, 0.15) is 0 Å². The van der Waals surface area contributed by atoms with Crippen LogP contribution in [0.4, 0.5) is 0 Å². The average molecular weight is 313 g/mol. The number of aliphatic hydroxyl groups is 1. The largest absolute Gasteiger partial charge is 0.478 e. The number of carbonyl (C=O) groups is 1. The van der Waals surface area contributed by atoms with E-state index in [9.17, 15) is 18.3 Å². The topological polar surface area (TPSA) is 94.9 Å². The Labute approximate surface area is 124 Å². The molecule has 0 aliphatic rings. The number of carboxylic acid groups (broad SMARTS) is 1. The van der Waals surface area contributed by atoms with Crippen LogP contribution in [0.2, 0.25) is 0 Å². The summed E-state index contributed by atoms with van der Waals surface area (Å²) in [5, 5.41) is 18.2. The summed E-state index contributed by atoms with van der Waals surface area (Å²) in [4.78, 5) is 10.5. The van der Waals surface area contributed by atoms with Crippen LogP contribution in [0, 0.1) is 0 Å². The third kappa shape index (κ3) is 5.30. The Kier molecular flexibility index (Phi) is 5.27. The van der Waals surface area contributed by atoms with Crippen molar-refractivity contribution in [2.75, 3.05) is 13.6 Å². The molecule has 116 valence electrons. The second kappa shape index (κ2) is 6.38. The van der Waals surface area contributed by atoms with Crippen LogP contribution in [0.25, 0.3) is 6.08 Å². The number of hydrogen-bond donors (Lipinski definition) is 2. The van der Waals surface area contributed by atoms with Crippen molar-refractivity contribution in [2.45, 2.75) is 24.3 Å². The summed E-state index contributed by atoms with van der Waals surface area (Å²) < 4.78 is 25.7. The molecule has 0 aromatic heterocycles. The van der Waals surface area contributed by atoms with Crippen LogP contribution in [0.3, 0.4) is 0 Å². The highest BCUT2D eigenvalue weighted by atomic mass is 32.2. The van der Waals surface area contributed by atoms with E-state index in [0.717, 1.165) is 10.4 Å². The first-order valence-corrected chi connectivity index (χ1v) is 7.66. The predicted molar refractivity (Wildman–Crippen MR) is 79.2 cm³/mol. The number of sulfonamides is 1. The average Bonchev–Trinajstić information content (AvgIpc) is 2.34.